The van der Waals surface area contributed by atoms with Crippen LogP contribution in [0.4, 0.5) is 5.82 Å². The number of hydrogen-bond donors (Lipinski definition) is 1. The van der Waals surface area contributed by atoms with Gasteiger partial charge in [0.25, 0.3) is 0 Å². The standard InChI is InChI=1S/C10H12IN3/c1-6(2)8-5-7(11)9-10(12)13-3-4-14(8)9/h3-6H,1-2H3,(H2,12,13). The average Bonchev–Trinajstić information content (AvgIpc) is 2.45. The molecule has 0 aliphatic carbocycles. The summed E-state index contributed by atoms with van der Waals surface area (Å²) in [4.78, 5) is 4.09. The van der Waals surface area contributed by atoms with E-state index in [0.717, 1.165) is 9.09 Å². The summed E-state index contributed by atoms with van der Waals surface area (Å²) in [5, 5.41) is 0. The predicted molar refractivity (Wildman–Crippen MR) is 66.4 cm³/mol. The SMILES string of the molecule is CC(C)c1cc(I)c2c(N)nccn12. The second-order valence-electron chi connectivity index (χ2n) is 3.60. The molecule has 2 heterocycles. The predicted octanol–water partition coefficient (Wildman–Crippen LogP) is 2.64. The van der Waals surface area contributed by atoms with Gasteiger partial charge in [0, 0.05) is 21.7 Å². The molecule has 0 amide bonds. The molecule has 0 unspecified atom stereocenters. The molecule has 0 aromatic carbocycles. The second kappa shape index (κ2) is 3.42. The van der Waals surface area contributed by atoms with Crippen LogP contribution in [0, 0.1) is 3.57 Å². The number of nitrogens with zero attached hydrogens (tertiary/aromatic N) is 2. The van der Waals surface area contributed by atoms with E-state index in [9.17, 15) is 0 Å². The van der Waals surface area contributed by atoms with E-state index in [2.05, 4.69) is 51.9 Å². The van der Waals surface area contributed by atoms with Gasteiger partial charge < -0.3 is 10.1 Å². The van der Waals surface area contributed by atoms with Crippen LogP contribution in [0.5, 0.6) is 0 Å². The summed E-state index contributed by atoms with van der Waals surface area (Å²) in [6, 6.07) is 2.17. The van der Waals surface area contributed by atoms with E-state index in [1.54, 1.807) is 6.20 Å². The van der Waals surface area contributed by atoms with E-state index in [1.165, 1.54) is 5.69 Å². The second-order valence-corrected chi connectivity index (χ2v) is 4.77. The van der Waals surface area contributed by atoms with E-state index in [-0.39, 0.29) is 0 Å². The van der Waals surface area contributed by atoms with Gasteiger partial charge in [-0.05, 0) is 34.6 Å². The number of anilines is 1. The van der Waals surface area contributed by atoms with Crippen LogP contribution in [0.1, 0.15) is 25.5 Å². The zero-order valence-corrected chi connectivity index (χ0v) is 10.3. The molecule has 2 rings (SSSR count). The molecule has 0 radical (unpaired) electrons. The van der Waals surface area contributed by atoms with Crippen molar-refractivity contribution in [3.05, 3.63) is 27.7 Å². The summed E-state index contributed by atoms with van der Waals surface area (Å²) in [5.41, 5.74) is 8.13. The minimum atomic E-state index is 0.493. The van der Waals surface area contributed by atoms with Crippen LogP contribution in [0.2, 0.25) is 0 Å². The zero-order chi connectivity index (χ0) is 10.3. The molecule has 4 heteroatoms. The Labute approximate surface area is 96.5 Å². The molecule has 0 bridgehead atoms. The number of rotatable bonds is 1. The molecule has 0 atom stereocenters. The summed E-state index contributed by atoms with van der Waals surface area (Å²) < 4.78 is 3.28. The summed E-state index contributed by atoms with van der Waals surface area (Å²) in [5.74, 6) is 1.09. The van der Waals surface area contributed by atoms with Crippen molar-refractivity contribution in [2.75, 3.05) is 5.73 Å². The molecule has 3 nitrogen and oxygen atoms in total. The molecule has 74 valence electrons. The highest BCUT2D eigenvalue weighted by molar-refractivity contribution is 14.1. The van der Waals surface area contributed by atoms with Crippen molar-refractivity contribution in [3.63, 3.8) is 0 Å². The van der Waals surface area contributed by atoms with E-state index >= 15 is 0 Å². The first-order chi connectivity index (χ1) is 6.61. The Morgan fingerprint density at radius 3 is 2.86 bits per heavy atom. The monoisotopic (exact) mass is 301 g/mol. The van der Waals surface area contributed by atoms with Crippen LogP contribution in [0.15, 0.2) is 18.5 Å². The van der Waals surface area contributed by atoms with Crippen molar-refractivity contribution in [3.8, 4) is 0 Å². The van der Waals surface area contributed by atoms with Crippen LogP contribution >= 0.6 is 22.6 Å². The summed E-state index contributed by atoms with van der Waals surface area (Å²) in [7, 11) is 0. The number of halogens is 1. The van der Waals surface area contributed by atoms with Crippen LogP contribution in [-0.2, 0) is 0 Å². The van der Waals surface area contributed by atoms with Crippen molar-refractivity contribution in [1.29, 1.82) is 0 Å². The highest BCUT2D eigenvalue weighted by atomic mass is 127. The lowest BCUT2D eigenvalue weighted by Crippen LogP contribution is -1.99. The van der Waals surface area contributed by atoms with Crippen LogP contribution in [0.25, 0.3) is 5.52 Å². The molecule has 2 aromatic heterocycles. The quantitative estimate of drug-likeness (QED) is 0.823. The van der Waals surface area contributed by atoms with Gasteiger partial charge in [0.2, 0.25) is 0 Å². The zero-order valence-electron chi connectivity index (χ0n) is 8.16. The fourth-order valence-electron chi connectivity index (χ4n) is 1.60. The first-order valence-corrected chi connectivity index (χ1v) is 5.60. The maximum atomic E-state index is 5.83. The van der Waals surface area contributed by atoms with Gasteiger partial charge in [-0.25, -0.2) is 4.98 Å². The van der Waals surface area contributed by atoms with Crippen molar-refractivity contribution in [2.45, 2.75) is 19.8 Å². The Bertz CT molecular complexity index is 473. The molecule has 14 heavy (non-hydrogen) atoms. The molecule has 0 spiro atoms. The number of nitrogens with two attached hydrogens (primary N) is 1. The minimum Gasteiger partial charge on any atom is -0.382 e. The first-order valence-electron chi connectivity index (χ1n) is 4.52. The van der Waals surface area contributed by atoms with E-state index in [0.29, 0.717) is 11.7 Å². The fraction of sp³-hybridized carbons (Fsp3) is 0.300. The van der Waals surface area contributed by atoms with E-state index in [4.69, 9.17) is 5.73 Å². The highest BCUT2D eigenvalue weighted by Crippen LogP contribution is 2.26. The largest absolute Gasteiger partial charge is 0.382 e. The molecular weight excluding hydrogens is 289 g/mol. The Balaban J connectivity index is 2.84. The van der Waals surface area contributed by atoms with Gasteiger partial charge in [-0.3, -0.25) is 0 Å². The van der Waals surface area contributed by atoms with Gasteiger partial charge in [-0.1, -0.05) is 13.8 Å². The Morgan fingerprint density at radius 1 is 1.50 bits per heavy atom. The lowest BCUT2D eigenvalue weighted by Gasteiger charge is -2.05. The third-order valence-corrected chi connectivity index (χ3v) is 3.11. The Kier molecular flexibility index (Phi) is 2.38. The van der Waals surface area contributed by atoms with Crippen LogP contribution in [0.3, 0.4) is 0 Å². The van der Waals surface area contributed by atoms with E-state index in [1.807, 2.05) is 6.20 Å². The van der Waals surface area contributed by atoms with Gasteiger partial charge >= 0.3 is 0 Å². The Morgan fingerprint density at radius 2 is 2.21 bits per heavy atom. The van der Waals surface area contributed by atoms with Gasteiger partial charge in [0.05, 0.1) is 0 Å². The molecular formula is C10H12IN3. The molecule has 2 aromatic rings. The lowest BCUT2D eigenvalue weighted by molar-refractivity contribution is 0.807. The number of aromatic nitrogens is 2. The molecule has 0 fully saturated rings. The number of nitrogen functional groups attached to an aromatic ring is 1. The average molecular weight is 301 g/mol. The van der Waals surface area contributed by atoms with Gasteiger partial charge in [-0.2, -0.15) is 0 Å². The maximum absolute atomic E-state index is 5.83. The van der Waals surface area contributed by atoms with Crippen LogP contribution in [-0.4, -0.2) is 9.38 Å². The molecule has 0 aliphatic heterocycles. The van der Waals surface area contributed by atoms with Crippen molar-refractivity contribution in [1.82, 2.24) is 9.38 Å². The summed E-state index contributed by atoms with van der Waals surface area (Å²) in [6.45, 7) is 4.35. The van der Waals surface area contributed by atoms with Crippen molar-refractivity contribution in [2.24, 2.45) is 0 Å². The van der Waals surface area contributed by atoms with Gasteiger partial charge in [0.15, 0.2) is 0 Å². The van der Waals surface area contributed by atoms with Gasteiger partial charge in [0.1, 0.15) is 11.3 Å². The fourth-order valence-corrected chi connectivity index (χ4v) is 2.46. The summed E-state index contributed by atoms with van der Waals surface area (Å²) >= 11 is 2.30. The smallest absolute Gasteiger partial charge is 0.148 e. The molecule has 0 saturated heterocycles. The third kappa shape index (κ3) is 1.37. The topological polar surface area (TPSA) is 43.3 Å². The molecule has 0 aliphatic rings. The molecule has 2 N–H and O–H groups in total. The number of hydrogen-bond acceptors (Lipinski definition) is 2. The first kappa shape index (κ1) is 9.76. The highest BCUT2D eigenvalue weighted by Gasteiger charge is 2.11. The molecule has 0 saturated carbocycles. The van der Waals surface area contributed by atoms with Crippen molar-refractivity contribution < 1.29 is 0 Å². The Hall–Kier alpha value is -0.780. The van der Waals surface area contributed by atoms with E-state index < -0.39 is 0 Å². The normalized spacial score (nSPS) is 11.4. The van der Waals surface area contributed by atoms with Crippen molar-refractivity contribution >= 4 is 33.9 Å². The van der Waals surface area contributed by atoms with Crippen LogP contribution < -0.4 is 5.73 Å². The minimum absolute atomic E-state index is 0.493. The lowest BCUT2D eigenvalue weighted by atomic mass is 10.1. The maximum Gasteiger partial charge on any atom is 0.148 e. The number of fused-ring (bicyclic) bond motifs is 1. The summed E-state index contributed by atoms with van der Waals surface area (Å²) in [6.07, 6.45) is 3.70. The third-order valence-electron chi connectivity index (χ3n) is 2.28. The van der Waals surface area contributed by atoms with Gasteiger partial charge in [-0.15, -0.1) is 0 Å².